The summed E-state index contributed by atoms with van der Waals surface area (Å²) in [5.74, 6) is 1.43. The second kappa shape index (κ2) is 6.60. The lowest BCUT2D eigenvalue weighted by molar-refractivity contribution is 0.106. The number of hydrogen-bond donors (Lipinski definition) is 1. The Morgan fingerprint density at radius 2 is 2.21 bits per heavy atom. The lowest BCUT2D eigenvalue weighted by Gasteiger charge is -2.26. The van der Waals surface area contributed by atoms with Gasteiger partial charge in [-0.3, -0.25) is 4.99 Å². The van der Waals surface area contributed by atoms with E-state index in [2.05, 4.69) is 17.2 Å². The van der Waals surface area contributed by atoms with Crippen LogP contribution in [0.5, 0.6) is 0 Å². The molecule has 0 fully saturated rings. The van der Waals surface area contributed by atoms with E-state index in [0.29, 0.717) is 22.6 Å². The number of halogens is 2. The van der Waals surface area contributed by atoms with E-state index < -0.39 is 0 Å². The molecule has 1 aliphatic heterocycles. The zero-order valence-electron chi connectivity index (χ0n) is 11.1. The van der Waals surface area contributed by atoms with E-state index in [1.807, 2.05) is 19.1 Å². The highest BCUT2D eigenvalue weighted by Crippen LogP contribution is 2.28. The Kier molecular flexibility index (Phi) is 5.08. The van der Waals surface area contributed by atoms with Crippen molar-refractivity contribution < 1.29 is 4.74 Å². The molecule has 0 bridgehead atoms. The Labute approximate surface area is 124 Å². The van der Waals surface area contributed by atoms with E-state index in [4.69, 9.17) is 27.9 Å². The van der Waals surface area contributed by atoms with Gasteiger partial charge in [0.25, 0.3) is 0 Å². The monoisotopic (exact) mass is 300 g/mol. The minimum Gasteiger partial charge on any atom is -0.371 e. The molecule has 104 valence electrons. The minimum atomic E-state index is -0.202. The average Bonchev–Trinajstić information content (AvgIpc) is 2.41. The van der Waals surface area contributed by atoms with Crippen LogP contribution in [0.4, 0.5) is 0 Å². The van der Waals surface area contributed by atoms with Crippen LogP contribution in [-0.4, -0.2) is 25.5 Å². The van der Waals surface area contributed by atoms with Crippen molar-refractivity contribution in [2.75, 3.05) is 19.7 Å². The third-order valence-corrected chi connectivity index (χ3v) is 3.77. The van der Waals surface area contributed by atoms with Crippen LogP contribution < -0.4 is 5.32 Å². The zero-order chi connectivity index (χ0) is 13.8. The van der Waals surface area contributed by atoms with Gasteiger partial charge in [0.2, 0.25) is 0 Å². The van der Waals surface area contributed by atoms with Crippen molar-refractivity contribution in [2.24, 2.45) is 10.9 Å². The second-order valence-corrected chi connectivity index (χ2v) is 5.54. The molecule has 2 atom stereocenters. The highest BCUT2D eigenvalue weighted by Gasteiger charge is 2.22. The Balaban J connectivity index is 2.26. The fraction of sp³-hybridized carbons (Fsp3) is 0.500. The third-order valence-electron chi connectivity index (χ3n) is 3.03. The van der Waals surface area contributed by atoms with Crippen LogP contribution >= 0.6 is 23.2 Å². The number of hydrogen-bond acceptors (Lipinski definition) is 3. The van der Waals surface area contributed by atoms with Crippen LogP contribution in [0.15, 0.2) is 23.2 Å². The molecule has 2 rings (SSSR count). The Bertz CT molecular complexity index is 477. The Morgan fingerprint density at radius 3 is 2.79 bits per heavy atom. The number of nitrogens with one attached hydrogen (secondary N) is 1. The van der Waals surface area contributed by atoms with Crippen molar-refractivity contribution in [3.05, 3.63) is 33.8 Å². The first kappa shape index (κ1) is 14.6. The summed E-state index contributed by atoms with van der Waals surface area (Å²) in [5, 5.41) is 4.42. The summed E-state index contributed by atoms with van der Waals surface area (Å²) < 4.78 is 5.80. The summed E-state index contributed by atoms with van der Waals surface area (Å²) in [4.78, 5) is 4.56. The van der Waals surface area contributed by atoms with Crippen LogP contribution in [0.2, 0.25) is 10.0 Å². The van der Waals surface area contributed by atoms with Crippen LogP contribution in [0.25, 0.3) is 0 Å². The van der Waals surface area contributed by atoms with Gasteiger partial charge >= 0.3 is 0 Å². The fourth-order valence-corrected chi connectivity index (χ4v) is 2.31. The van der Waals surface area contributed by atoms with Gasteiger partial charge in [-0.1, -0.05) is 36.2 Å². The predicted octanol–water partition coefficient (Wildman–Crippen LogP) is 3.71. The summed E-state index contributed by atoms with van der Waals surface area (Å²) in [6.07, 6.45) is -0.202. The molecule has 0 spiro atoms. The minimum absolute atomic E-state index is 0.202. The molecule has 1 aromatic rings. The first-order valence-corrected chi connectivity index (χ1v) is 7.22. The van der Waals surface area contributed by atoms with E-state index in [1.165, 1.54) is 0 Å². The van der Waals surface area contributed by atoms with E-state index >= 15 is 0 Å². The molecule has 0 saturated heterocycles. The van der Waals surface area contributed by atoms with Crippen molar-refractivity contribution in [3.63, 3.8) is 0 Å². The molecule has 0 amide bonds. The van der Waals surface area contributed by atoms with E-state index in [-0.39, 0.29) is 6.10 Å². The zero-order valence-corrected chi connectivity index (χ0v) is 12.6. The quantitative estimate of drug-likeness (QED) is 0.920. The van der Waals surface area contributed by atoms with Crippen LogP contribution in [-0.2, 0) is 4.74 Å². The highest BCUT2D eigenvalue weighted by atomic mass is 35.5. The molecule has 1 aromatic carbocycles. The molecule has 0 aliphatic carbocycles. The molecule has 0 aromatic heterocycles. The molecule has 0 radical (unpaired) electrons. The molecular weight excluding hydrogens is 283 g/mol. The fourth-order valence-electron chi connectivity index (χ4n) is 2.00. The maximum Gasteiger partial charge on any atom is 0.139 e. The van der Waals surface area contributed by atoms with Crippen molar-refractivity contribution in [3.8, 4) is 0 Å². The van der Waals surface area contributed by atoms with Crippen LogP contribution in [0.3, 0.4) is 0 Å². The lowest BCUT2D eigenvalue weighted by Crippen LogP contribution is -2.39. The van der Waals surface area contributed by atoms with Gasteiger partial charge in [0.1, 0.15) is 11.9 Å². The topological polar surface area (TPSA) is 33.6 Å². The third kappa shape index (κ3) is 3.62. The van der Waals surface area contributed by atoms with Crippen molar-refractivity contribution in [2.45, 2.75) is 20.0 Å². The van der Waals surface area contributed by atoms with Crippen molar-refractivity contribution in [1.82, 2.24) is 5.32 Å². The van der Waals surface area contributed by atoms with E-state index in [1.54, 1.807) is 6.07 Å². The van der Waals surface area contributed by atoms with Gasteiger partial charge in [-0.25, -0.2) is 0 Å². The maximum atomic E-state index is 6.07. The maximum absolute atomic E-state index is 6.07. The lowest BCUT2D eigenvalue weighted by atomic mass is 10.1. The van der Waals surface area contributed by atoms with Gasteiger partial charge in [0.05, 0.1) is 10.0 Å². The molecule has 0 saturated carbocycles. The number of ether oxygens (including phenoxy) is 1. The summed E-state index contributed by atoms with van der Waals surface area (Å²) >= 11 is 12.0. The number of benzene rings is 1. The summed E-state index contributed by atoms with van der Waals surface area (Å²) in [7, 11) is 0. The molecule has 19 heavy (non-hydrogen) atoms. The second-order valence-electron chi connectivity index (χ2n) is 4.72. The molecule has 1 heterocycles. The number of rotatable bonds is 4. The number of amidine groups is 1. The van der Waals surface area contributed by atoms with Crippen LogP contribution in [0.1, 0.15) is 25.5 Å². The van der Waals surface area contributed by atoms with Gasteiger partial charge in [0, 0.05) is 19.7 Å². The van der Waals surface area contributed by atoms with E-state index in [0.717, 1.165) is 24.5 Å². The van der Waals surface area contributed by atoms with Gasteiger partial charge in [-0.2, -0.15) is 0 Å². The van der Waals surface area contributed by atoms with Crippen molar-refractivity contribution in [1.29, 1.82) is 0 Å². The molecule has 1 N–H and O–H groups in total. The predicted molar refractivity (Wildman–Crippen MR) is 80.3 cm³/mol. The number of aliphatic imine (C=N–C) groups is 1. The first-order valence-electron chi connectivity index (χ1n) is 6.46. The van der Waals surface area contributed by atoms with Gasteiger partial charge in [-0.15, -0.1) is 0 Å². The smallest absolute Gasteiger partial charge is 0.139 e. The standard InChI is InChI=1S/C14H18Cl2N2O/c1-3-19-13(14-17-7-9(2)8-18-14)10-4-5-11(15)12(16)6-10/h4-6,9,13H,3,7-8H2,1-2H3,(H,17,18)/t13-/m1/s1. The highest BCUT2D eigenvalue weighted by molar-refractivity contribution is 6.42. The molecule has 1 aliphatic rings. The summed E-state index contributed by atoms with van der Waals surface area (Å²) in [6.45, 7) is 6.50. The van der Waals surface area contributed by atoms with E-state index in [9.17, 15) is 0 Å². The molecular formula is C14H18Cl2N2O. The summed E-state index contributed by atoms with van der Waals surface area (Å²) in [5.41, 5.74) is 0.969. The van der Waals surface area contributed by atoms with Crippen LogP contribution in [0, 0.1) is 5.92 Å². The molecule has 3 nitrogen and oxygen atoms in total. The normalized spacial score (nSPS) is 20.6. The molecule has 0 unspecified atom stereocenters. The largest absolute Gasteiger partial charge is 0.371 e. The Morgan fingerprint density at radius 1 is 1.42 bits per heavy atom. The average molecular weight is 301 g/mol. The first-order chi connectivity index (χ1) is 9.11. The SMILES string of the molecule is CCO[C@@H](C1=NC[C@H](C)CN1)c1ccc(Cl)c(Cl)c1. The van der Waals surface area contributed by atoms with Gasteiger partial charge in [-0.05, 0) is 30.5 Å². The molecule has 5 heteroatoms. The Hall–Kier alpha value is -0.770. The van der Waals surface area contributed by atoms with Gasteiger partial charge in [0.15, 0.2) is 0 Å². The summed E-state index contributed by atoms with van der Waals surface area (Å²) in [6, 6.07) is 5.56. The number of nitrogens with zero attached hydrogens (tertiary/aromatic N) is 1. The van der Waals surface area contributed by atoms with Crippen molar-refractivity contribution >= 4 is 29.0 Å². The van der Waals surface area contributed by atoms with Gasteiger partial charge < -0.3 is 10.1 Å².